The van der Waals surface area contributed by atoms with E-state index in [1.165, 1.54) is 6.21 Å². The number of rotatable bonds is 7. The third-order valence-electron chi connectivity index (χ3n) is 3.90. The first kappa shape index (κ1) is 18.8. The summed E-state index contributed by atoms with van der Waals surface area (Å²) in [4.78, 5) is 22.9. The van der Waals surface area contributed by atoms with E-state index in [-0.39, 0.29) is 12.5 Å². The number of hydrazone groups is 1. The van der Waals surface area contributed by atoms with Crippen molar-refractivity contribution >= 4 is 18.0 Å². The zero-order valence-corrected chi connectivity index (χ0v) is 15.0. The molecule has 0 aliphatic heterocycles. The molecule has 0 unspecified atom stereocenters. The average molecular weight is 373 g/mol. The Balaban J connectivity index is 1.55. The summed E-state index contributed by atoms with van der Waals surface area (Å²) in [6.45, 7) is -0.174. The van der Waals surface area contributed by atoms with E-state index in [0.29, 0.717) is 11.3 Å². The summed E-state index contributed by atoms with van der Waals surface area (Å²) in [5, 5.41) is 3.96. The van der Waals surface area contributed by atoms with E-state index >= 15 is 0 Å². The highest BCUT2D eigenvalue weighted by atomic mass is 16.5. The van der Waals surface area contributed by atoms with Crippen LogP contribution in [0, 0.1) is 0 Å². The van der Waals surface area contributed by atoms with E-state index in [4.69, 9.17) is 10.5 Å². The van der Waals surface area contributed by atoms with Crippen LogP contribution in [0.2, 0.25) is 0 Å². The number of ether oxygens (including phenoxy) is 1. The molecule has 28 heavy (non-hydrogen) atoms. The van der Waals surface area contributed by atoms with Crippen LogP contribution in [0.15, 0.2) is 84.0 Å². The summed E-state index contributed by atoms with van der Waals surface area (Å²) in [7, 11) is 0. The second-order valence-corrected chi connectivity index (χ2v) is 5.97. The predicted molar refractivity (Wildman–Crippen MR) is 108 cm³/mol. The fourth-order valence-corrected chi connectivity index (χ4v) is 2.48. The van der Waals surface area contributed by atoms with Gasteiger partial charge in [-0.15, -0.1) is 0 Å². The minimum absolute atomic E-state index is 0.174. The Morgan fingerprint density at radius 2 is 1.54 bits per heavy atom. The lowest BCUT2D eigenvalue weighted by Crippen LogP contribution is -2.20. The molecule has 0 heterocycles. The van der Waals surface area contributed by atoms with Crippen LogP contribution in [0.1, 0.15) is 15.9 Å². The maximum Gasteiger partial charge on any atom is 0.271 e. The van der Waals surface area contributed by atoms with Crippen molar-refractivity contribution in [2.24, 2.45) is 10.8 Å². The molecule has 0 saturated heterocycles. The van der Waals surface area contributed by atoms with Crippen molar-refractivity contribution in [3.05, 3.63) is 90.0 Å². The van der Waals surface area contributed by atoms with Gasteiger partial charge in [0.1, 0.15) is 5.75 Å². The topological polar surface area (TPSA) is 93.8 Å². The second kappa shape index (κ2) is 9.14. The van der Waals surface area contributed by atoms with Gasteiger partial charge >= 0.3 is 0 Å². The van der Waals surface area contributed by atoms with Crippen molar-refractivity contribution < 1.29 is 14.3 Å². The fraction of sp³-hybridized carbons (Fsp3) is 0.0455. The van der Waals surface area contributed by atoms with Crippen molar-refractivity contribution in [1.82, 2.24) is 5.43 Å². The largest absolute Gasteiger partial charge is 0.484 e. The first-order valence-electron chi connectivity index (χ1n) is 8.62. The summed E-state index contributed by atoms with van der Waals surface area (Å²) in [6.07, 6.45) is 1.52. The molecule has 140 valence electrons. The van der Waals surface area contributed by atoms with Gasteiger partial charge in [0.15, 0.2) is 6.61 Å². The standard InChI is InChI=1S/C22H19N3O3/c23-21(26)15-28-20-12-6-16(7-13-20)14-24-25-22(27)19-10-8-18(9-11-19)17-4-2-1-3-5-17/h1-14H,15H2,(H2,23,26)(H,25,27). The van der Waals surface area contributed by atoms with E-state index in [2.05, 4.69) is 10.5 Å². The lowest BCUT2D eigenvalue weighted by molar-refractivity contribution is -0.119. The van der Waals surface area contributed by atoms with Crippen LogP contribution >= 0.6 is 0 Å². The van der Waals surface area contributed by atoms with E-state index in [1.807, 2.05) is 42.5 Å². The highest BCUT2D eigenvalue weighted by molar-refractivity contribution is 5.95. The monoisotopic (exact) mass is 373 g/mol. The number of benzene rings is 3. The van der Waals surface area contributed by atoms with Crippen molar-refractivity contribution in [2.75, 3.05) is 6.61 Å². The summed E-state index contributed by atoms with van der Waals surface area (Å²) in [6, 6.07) is 24.2. The van der Waals surface area contributed by atoms with Gasteiger partial charge in [-0.1, -0.05) is 42.5 Å². The number of primary amides is 1. The third-order valence-corrected chi connectivity index (χ3v) is 3.90. The molecule has 3 aromatic carbocycles. The molecule has 0 aliphatic carbocycles. The normalized spacial score (nSPS) is 10.6. The molecule has 2 amide bonds. The van der Waals surface area contributed by atoms with Crippen molar-refractivity contribution in [3.8, 4) is 16.9 Å². The van der Waals surface area contributed by atoms with Crippen LogP contribution in [0.4, 0.5) is 0 Å². The number of hydrogen-bond acceptors (Lipinski definition) is 4. The van der Waals surface area contributed by atoms with Crippen LogP contribution in [0.3, 0.4) is 0 Å². The van der Waals surface area contributed by atoms with Gasteiger partial charge in [-0.05, 0) is 53.1 Å². The van der Waals surface area contributed by atoms with Crippen LogP contribution in [-0.2, 0) is 4.79 Å². The van der Waals surface area contributed by atoms with Gasteiger partial charge in [-0.3, -0.25) is 9.59 Å². The molecule has 0 aromatic heterocycles. The Kier molecular flexibility index (Phi) is 6.15. The number of amides is 2. The number of carbonyl (C=O) groups excluding carboxylic acids is 2. The summed E-state index contributed by atoms with van der Waals surface area (Å²) >= 11 is 0. The highest BCUT2D eigenvalue weighted by Crippen LogP contribution is 2.19. The first-order chi connectivity index (χ1) is 13.6. The second-order valence-electron chi connectivity index (χ2n) is 5.97. The Bertz CT molecular complexity index is 966. The molecule has 3 N–H and O–H groups in total. The Morgan fingerprint density at radius 3 is 2.18 bits per heavy atom. The van der Waals surface area contributed by atoms with Gasteiger partial charge in [-0.25, -0.2) is 5.43 Å². The molecule has 3 rings (SSSR count). The minimum atomic E-state index is -0.537. The molecular weight excluding hydrogens is 354 g/mol. The molecule has 0 saturated carbocycles. The van der Waals surface area contributed by atoms with Crippen molar-refractivity contribution in [3.63, 3.8) is 0 Å². The van der Waals surface area contributed by atoms with Gasteiger partial charge in [-0.2, -0.15) is 5.10 Å². The van der Waals surface area contributed by atoms with Gasteiger partial charge in [0.25, 0.3) is 11.8 Å². The zero-order chi connectivity index (χ0) is 19.8. The Labute approximate surface area is 162 Å². The van der Waals surface area contributed by atoms with Crippen LogP contribution in [-0.4, -0.2) is 24.6 Å². The van der Waals surface area contributed by atoms with Crippen LogP contribution in [0.25, 0.3) is 11.1 Å². The highest BCUT2D eigenvalue weighted by Gasteiger charge is 2.05. The maximum absolute atomic E-state index is 12.2. The van der Waals surface area contributed by atoms with Crippen LogP contribution in [0.5, 0.6) is 5.75 Å². The van der Waals surface area contributed by atoms with E-state index in [0.717, 1.165) is 16.7 Å². The molecule has 0 fully saturated rings. The average Bonchev–Trinajstić information content (AvgIpc) is 2.74. The van der Waals surface area contributed by atoms with E-state index < -0.39 is 5.91 Å². The Hall–Kier alpha value is -3.93. The van der Waals surface area contributed by atoms with E-state index in [1.54, 1.807) is 36.4 Å². The van der Waals surface area contributed by atoms with Crippen molar-refractivity contribution in [2.45, 2.75) is 0 Å². The van der Waals surface area contributed by atoms with E-state index in [9.17, 15) is 9.59 Å². The lowest BCUT2D eigenvalue weighted by atomic mass is 10.0. The smallest absolute Gasteiger partial charge is 0.271 e. The predicted octanol–water partition coefficient (Wildman–Crippen LogP) is 2.98. The number of nitrogens with zero attached hydrogens (tertiary/aromatic N) is 1. The minimum Gasteiger partial charge on any atom is -0.484 e. The SMILES string of the molecule is NC(=O)COc1ccc(C=NNC(=O)c2ccc(-c3ccccc3)cc2)cc1. The third kappa shape index (κ3) is 5.28. The molecule has 0 bridgehead atoms. The summed E-state index contributed by atoms with van der Waals surface area (Å²) < 4.78 is 5.18. The van der Waals surface area contributed by atoms with Gasteiger partial charge in [0, 0.05) is 5.56 Å². The summed E-state index contributed by atoms with van der Waals surface area (Å²) in [5.74, 6) is -0.305. The van der Waals surface area contributed by atoms with Gasteiger partial charge in [0.2, 0.25) is 0 Å². The molecule has 6 nitrogen and oxygen atoms in total. The molecule has 0 radical (unpaired) electrons. The number of nitrogens with one attached hydrogen (secondary N) is 1. The van der Waals surface area contributed by atoms with Gasteiger partial charge < -0.3 is 10.5 Å². The Morgan fingerprint density at radius 1 is 0.893 bits per heavy atom. The van der Waals surface area contributed by atoms with Gasteiger partial charge in [0.05, 0.1) is 6.21 Å². The number of hydrogen-bond donors (Lipinski definition) is 2. The zero-order valence-electron chi connectivity index (χ0n) is 15.0. The first-order valence-corrected chi connectivity index (χ1v) is 8.62. The summed E-state index contributed by atoms with van der Waals surface area (Å²) in [5.41, 5.74) is 10.9. The molecule has 3 aromatic rings. The maximum atomic E-state index is 12.2. The quantitative estimate of drug-likeness (QED) is 0.492. The number of carbonyl (C=O) groups is 2. The fourth-order valence-electron chi connectivity index (χ4n) is 2.48. The molecule has 6 heteroatoms. The lowest BCUT2D eigenvalue weighted by Gasteiger charge is -2.04. The van der Waals surface area contributed by atoms with Crippen LogP contribution < -0.4 is 15.9 Å². The molecule has 0 spiro atoms. The molecular formula is C22H19N3O3. The molecule has 0 atom stereocenters. The number of nitrogens with two attached hydrogens (primary N) is 1. The van der Waals surface area contributed by atoms with Crippen molar-refractivity contribution in [1.29, 1.82) is 0 Å². The molecule has 0 aliphatic rings.